The predicted molar refractivity (Wildman–Crippen MR) is 68.7 cm³/mol. The van der Waals surface area contributed by atoms with Gasteiger partial charge in [0, 0.05) is 12.6 Å². The van der Waals surface area contributed by atoms with E-state index in [1.807, 2.05) is 0 Å². The van der Waals surface area contributed by atoms with E-state index in [9.17, 15) is 14.4 Å². The van der Waals surface area contributed by atoms with Gasteiger partial charge in [-0.15, -0.1) is 0 Å². The Bertz CT molecular complexity index is 341. The number of hydrogen-bond acceptors (Lipinski definition) is 4. The smallest absolute Gasteiger partial charge is 0.315 e. The van der Waals surface area contributed by atoms with Gasteiger partial charge in [0.15, 0.2) is 0 Å². The van der Waals surface area contributed by atoms with Crippen LogP contribution in [0.5, 0.6) is 0 Å². The third-order valence-electron chi connectivity index (χ3n) is 2.69. The molecule has 0 aromatic carbocycles. The number of esters is 1. The first-order chi connectivity index (χ1) is 8.69. The van der Waals surface area contributed by atoms with Gasteiger partial charge in [0.05, 0.1) is 18.9 Å². The van der Waals surface area contributed by atoms with E-state index in [0.717, 1.165) is 0 Å². The van der Waals surface area contributed by atoms with Crippen molar-refractivity contribution in [2.45, 2.75) is 39.7 Å². The molecular weight excluding hydrogens is 252 g/mol. The van der Waals surface area contributed by atoms with Gasteiger partial charge in [0.1, 0.15) is 0 Å². The van der Waals surface area contributed by atoms with Crippen LogP contribution in [0.2, 0.25) is 0 Å². The minimum absolute atomic E-state index is 0.0878. The summed E-state index contributed by atoms with van der Waals surface area (Å²) >= 11 is 0. The number of ether oxygens (including phenoxy) is 1. The lowest BCUT2D eigenvalue weighted by molar-refractivity contribution is -0.147. The van der Waals surface area contributed by atoms with Crippen molar-refractivity contribution in [2.24, 2.45) is 5.41 Å². The average Bonchev–Trinajstić information content (AvgIpc) is 2.27. The molecule has 2 amide bonds. The van der Waals surface area contributed by atoms with E-state index in [1.54, 1.807) is 20.8 Å². The highest BCUT2D eigenvalue weighted by molar-refractivity contribution is 5.76. The molecule has 0 aliphatic carbocycles. The van der Waals surface area contributed by atoms with Crippen LogP contribution in [0.25, 0.3) is 0 Å². The topological polar surface area (TPSA) is 105 Å². The first-order valence-electron chi connectivity index (χ1n) is 6.03. The maximum absolute atomic E-state index is 11.5. The predicted octanol–water partition coefficient (Wildman–Crippen LogP) is 0.738. The van der Waals surface area contributed by atoms with Gasteiger partial charge < -0.3 is 20.5 Å². The van der Waals surface area contributed by atoms with Gasteiger partial charge in [-0.05, 0) is 27.2 Å². The summed E-state index contributed by atoms with van der Waals surface area (Å²) in [6, 6.07) is -0.780. The number of nitrogens with one attached hydrogen (secondary N) is 2. The largest absolute Gasteiger partial charge is 0.481 e. The highest BCUT2D eigenvalue weighted by Gasteiger charge is 2.26. The van der Waals surface area contributed by atoms with Gasteiger partial charge in [-0.3, -0.25) is 9.59 Å². The third kappa shape index (κ3) is 7.28. The number of methoxy groups -OCH3 is 1. The second-order valence-corrected chi connectivity index (χ2v) is 5.02. The molecule has 3 N–H and O–H groups in total. The van der Waals surface area contributed by atoms with Crippen LogP contribution in [0.4, 0.5) is 4.79 Å². The van der Waals surface area contributed by atoms with E-state index in [1.165, 1.54) is 7.11 Å². The van der Waals surface area contributed by atoms with Crippen molar-refractivity contribution in [2.75, 3.05) is 13.7 Å². The van der Waals surface area contributed by atoms with Crippen molar-refractivity contribution < 1.29 is 24.2 Å². The van der Waals surface area contributed by atoms with Gasteiger partial charge >= 0.3 is 18.0 Å². The summed E-state index contributed by atoms with van der Waals surface area (Å²) in [4.78, 5) is 33.3. The molecule has 0 aromatic heterocycles. The van der Waals surface area contributed by atoms with Crippen molar-refractivity contribution in [1.82, 2.24) is 10.6 Å². The van der Waals surface area contributed by atoms with Crippen LogP contribution in [0.15, 0.2) is 0 Å². The van der Waals surface area contributed by atoms with Crippen LogP contribution < -0.4 is 10.6 Å². The molecule has 7 nitrogen and oxygen atoms in total. The van der Waals surface area contributed by atoms with Crippen molar-refractivity contribution in [1.29, 1.82) is 0 Å². The molecule has 0 spiro atoms. The Hall–Kier alpha value is -1.79. The van der Waals surface area contributed by atoms with Crippen molar-refractivity contribution in [3.05, 3.63) is 0 Å². The lowest BCUT2D eigenvalue weighted by Crippen LogP contribution is -2.43. The molecule has 0 aliphatic rings. The molecule has 0 aromatic rings. The Balaban J connectivity index is 3.94. The Morgan fingerprint density at radius 1 is 1.32 bits per heavy atom. The summed E-state index contributed by atoms with van der Waals surface area (Å²) in [5.41, 5.74) is -0.884. The van der Waals surface area contributed by atoms with Crippen LogP contribution in [-0.2, 0) is 14.3 Å². The molecule has 0 fully saturated rings. The maximum Gasteiger partial charge on any atom is 0.315 e. The summed E-state index contributed by atoms with van der Waals surface area (Å²) < 4.78 is 4.48. The Kier molecular flexibility index (Phi) is 6.89. The maximum atomic E-state index is 11.5. The number of rotatable bonds is 7. The first kappa shape index (κ1) is 17.2. The summed E-state index contributed by atoms with van der Waals surface area (Å²) in [5.74, 6) is -1.31. The van der Waals surface area contributed by atoms with E-state index in [4.69, 9.17) is 5.11 Å². The molecule has 0 rings (SSSR count). The lowest BCUT2D eigenvalue weighted by Gasteiger charge is -2.19. The molecule has 0 aliphatic heterocycles. The number of carbonyl (C=O) groups excluding carboxylic acids is 2. The molecule has 0 saturated carbocycles. The monoisotopic (exact) mass is 274 g/mol. The quantitative estimate of drug-likeness (QED) is 0.594. The molecule has 1 atom stereocenters. The zero-order chi connectivity index (χ0) is 15.1. The fraction of sp³-hybridized carbons (Fsp3) is 0.750. The molecule has 19 heavy (non-hydrogen) atoms. The lowest BCUT2D eigenvalue weighted by atomic mass is 9.90. The Labute approximate surface area is 112 Å². The van der Waals surface area contributed by atoms with Crippen LogP contribution in [-0.4, -0.2) is 42.8 Å². The third-order valence-corrected chi connectivity index (χ3v) is 2.69. The van der Waals surface area contributed by atoms with Crippen LogP contribution in [0, 0.1) is 5.41 Å². The minimum atomic E-state index is -0.909. The van der Waals surface area contributed by atoms with E-state index < -0.39 is 23.4 Å². The van der Waals surface area contributed by atoms with Crippen LogP contribution in [0.3, 0.4) is 0 Å². The van der Waals surface area contributed by atoms with Crippen molar-refractivity contribution in [3.8, 4) is 0 Å². The summed E-state index contributed by atoms with van der Waals surface area (Å²) in [6.45, 7) is 5.11. The molecule has 0 heterocycles. The number of carbonyl (C=O) groups is 3. The Morgan fingerprint density at radius 3 is 2.37 bits per heavy atom. The van der Waals surface area contributed by atoms with Crippen molar-refractivity contribution >= 4 is 18.0 Å². The summed E-state index contributed by atoms with van der Waals surface area (Å²) in [6.07, 6.45) is 0.408. The fourth-order valence-electron chi connectivity index (χ4n) is 1.25. The highest BCUT2D eigenvalue weighted by atomic mass is 16.5. The van der Waals surface area contributed by atoms with E-state index in [2.05, 4.69) is 15.4 Å². The summed E-state index contributed by atoms with van der Waals surface area (Å²) in [5, 5.41) is 14.0. The number of hydrogen-bond donors (Lipinski definition) is 3. The van der Waals surface area contributed by atoms with Gasteiger partial charge in [-0.25, -0.2) is 4.79 Å². The first-order valence-corrected chi connectivity index (χ1v) is 6.03. The van der Waals surface area contributed by atoms with E-state index >= 15 is 0 Å². The Morgan fingerprint density at radius 2 is 1.89 bits per heavy atom. The van der Waals surface area contributed by atoms with Crippen LogP contribution in [0.1, 0.15) is 33.6 Å². The van der Waals surface area contributed by atoms with Gasteiger partial charge in [0.25, 0.3) is 0 Å². The SMILES string of the molecule is COC(=O)CC(C)NC(=O)NCCC(C)(C)C(=O)O. The van der Waals surface area contributed by atoms with E-state index in [-0.39, 0.29) is 19.0 Å². The number of carboxylic acids is 1. The second-order valence-electron chi connectivity index (χ2n) is 5.02. The molecule has 0 saturated heterocycles. The molecule has 0 bridgehead atoms. The number of carboxylic acid groups (broad SMARTS) is 1. The van der Waals surface area contributed by atoms with Gasteiger partial charge in [-0.2, -0.15) is 0 Å². The van der Waals surface area contributed by atoms with E-state index in [0.29, 0.717) is 6.42 Å². The average molecular weight is 274 g/mol. The zero-order valence-electron chi connectivity index (χ0n) is 11.8. The van der Waals surface area contributed by atoms with Gasteiger partial charge in [0.2, 0.25) is 0 Å². The van der Waals surface area contributed by atoms with Crippen molar-refractivity contribution in [3.63, 3.8) is 0 Å². The zero-order valence-corrected chi connectivity index (χ0v) is 11.8. The fourth-order valence-corrected chi connectivity index (χ4v) is 1.25. The van der Waals surface area contributed by atoms with Gasteiger partial charge in [-0.1, -0.05) is 0 Å². The minimum Gasteiger partial charge on any atom is -0.481 e. The van der Waals surface area contributed by atoms with Crippen LogP contribution >= 0.6 is 0 Å². The normalized spacial score (nSPS) is 12.4. The number of aliphatic carboxylic acids is 1. The number of urea groups is 1. The summed E-state index contributed by atoms with van der Waals surface area (Å²) in [7, 11) is 1.28. The molecule has 110 valence electrons. The number of amides is 2. The standard InChI is InChI=1S/C12H22N2O5/c1-8(7-9(15)19-4)14-11(18)13-6-5-12(2,3)10(16)17/h8H,5-7H2,1-4H3,(H,16,17)(H2,13,14,18). The molecule has 7 heteroatoms. The highest BCUT2D eigenvalue weighted by Crippen LogP contribution is 2.19. The molecule has 1 unspecified atom stereocenters. The second kappa shape index (κ2) is 7.60. The molecular formula is C12H22N2O5. The molecule has 0 radical (unpaired) electrons.